The number of carbonyl (C=O) groups excluding carboxylic acids is 3. The molecule has 3 heterocycles. The van der Waals surface area contributed by atoms with Gasteiger partial charge in [-0.3, -0.25) is 19.4 Å². The monoisotopic (exact) mass is 503 g/mol. The Morgan fingerprint density at radius 1 is 1.26 bits per heavy atom. The van der Waals surface area contributed by atoms with E-state index in [1.54, 1.807) is 28.0 Å². The number of halogens is 2. The molecule has 1 fully saturated rings. The molecule has 0 aliphatic carbocycles. The molecule has 3 N–H and O–H groups in total. The van der Waals surface area contributed by atoms with Gasteiger partial charge in [-0.05, 0) is 31.0 Å². The SMILES string of the molecule is CC(=O)NC1CCN(C(=O)CCN2Cc3nc(C)c(CN)c(-c4ccc(Cl)cc4Cl)c3C2=O)C1. The summed E-state index contributed by atoms with van der Waals surface area (Å²) in [6, 6.07) is 5.14. The van der Waals surface area contributed by atoms with Crippen LogP contribution >= 0.6 is 23.2 Å². The van der Waals surface area contributed by atoms with Crippen LogP contribution in [0.4, 0.5) is 0 Å². The average Bonchev–Trinajstić information content (AvgIpc) is 3.35. The molecule has 2 aliphatic heterocycles. The maximum absolute atomic E-state index is 13.5. The summed E-state index contributed by atoms with van der Waals surface area (Å²) in [5, 5.41) is 3.78. The van der Waals surface area contributed by atoms with Crippen molar-refractivity contribution in [3.8, 4) is 11.1 Å². The highest BCUT2D eigenvalue weighted by Gasteiger charge is 2.35. The molecule has 1 aromatic heterocycles. The fraction of sp³-hybridized carbons (Fsp3) is 0.417. The zero-order chi connectivity index (χ0) is 24.6. The number of amides is 3. The van der Waals surface area contributed by atoms with Crippen molar-refractivity contribution >= 4 is 40.9 Å². The van der Waals surface area contributed by atoms with Crippen molar-refractivity contribution in [2.75, 3.05) is 19.6 Å². The van der Waals surface area contributed by atoms with Crippen LogP contribution in [0.25, 0.3) is 11.1 Å². The molecule has 2 aromatic rings. The normalized spacial score (nSPS) is 17.3. The van der Waals surface area contributed by atoms with Gasteiger partial charge in [0.25, 0.3) is 5.91 Å². The number of aryl methyl sites for hydroxylation is 1. The van der Waals surface area contributed by atoms with Crippen molar-refractivity contribution in [3.05, 3.63) is 50.8 Å². The van der Waals surface area contributed by atoms with Gasteiger partial charge in [0.05, 0.1) is 17.8 Å². The smallest absolute Gasteiger partial charge is 0.256 e. The number of hydrogen-bond acceptors (Lipinski definition) is 5. The molecule has 1 atom stereocenters. The van der Waals surface area contributed by atoms with Gasteiger partial charge in [0.15, 0.2) is 0 Å². The molecule has 180 valence electrons. The van der Waals surface area contributed by atoms with E-state index >= 15 is 0 Å². The molecule has 10 heteroatoms. The number of fused-ring (bicyclic) bond motifs is 1. The summed E-state index contributed by atoms with van der Waals surface area (Å²) in [5.74, 6) is -0.330. The van der Waals surface area contributed by atoms with Crippen LogP contribution in [0.2, 0.25) is 10.0 Å². The highest BCUT2D eigenvalue weighted by molar-refractivity contribution is 6.36. The quantitative estimate of drug-likeness (QED) is 0.629. The summed E-state index contributed by atoms with van der Waals surface area (Å²) >= 11 is 12.6. The van der Waals surface area contributed by atoms with Gasteiger partial charge < -0.3 is 20.9 Å². The van der Waals surface area contributed by atoms with Crippen molar-refractivity contribution in [1.29, 1.82) is 0 Å². The van der Waals surface area contributed by atoms with Crippen LogP contribution in [0.5, 0.6) is 0 Å². The molecular weight excluding hydrogens is 477 g/mol. The maximum Gasteiger partial charge on any atom is 0.256 e. The van der Waals surface area contributed by atoms with E-state index < -0.39 is 0 Å². The number of hydrogen-bond donors (Lipinski definition) is 2. The summed E-state index contributed by atoms with van der Waals surface area (Å²) in [7, 11) is 0. The molecule has 3 amide bonds. The minimum Gasteiger partial charge on any atom is -0.352 e. The number of aromatic nitrogens is 1. The molecule has 0 saturated carbocycles. The summed E-state index contributed by atoms with van der Waals surface area (Å²) < 4.78 is 0. The van der Waals surface area contributed by atoms with E-state index in [4.69, 9.17) is 28.9 Å². The third kappa shape index (κ3) is 4.76. The molecular formula is C24H27Cl2N5O3. The number of likely N-dealkylation sites (tertiary alicyclic amines) is 1. The lowest BCUT2D eigenvalue weighted by molar-refractivity contribution is -0.130. The molecule has 4 rings (SSSR count). The molecule has 1 saturated heterocycles. The predicted molar refractivity (Wildman–Crippen MR) is 130 cm³/mol. The van der Waals surface area contributed by atoms with Crippen LogP contribution in [0.15, 0.2) is 18.2 Å². The topological polar surface area (TPSA) is 109 Å². The van der Waals surface area contributed by atoms with E-state index in [-0.39, 0.29) is 43.3 Å². The zero-order valence-electron chi connectivity index (χ0n) is 19.2. The van der Waals surface area contributed by atoms with E-state index in [0.29, 0.717) is 52.1 Å². The lowest BCUT2D eigenvalue weighted by atomic mass is 9.93. The lowest BCUT2D eigenvalue weighted by Crippen LogP contribution is -2.38. The predicted octanol–water partition coefficient (Wildman–Crippen LogP) is 2.91. The Kier molecular flexibility index (Phi) is 7.12. The minimum atomic E-state index is -0.191. The van der Waals surface area contributed by atoms with Gasteiger partial charge in [0, 0.05) is 72.4 Å². The Balaban J connectivity index is 1.54. The molecule has 2 aliphatic rings. The van der Waals surface area contributed by atoms with Crippen LogP contribution in [0.1, 0.15) is 47.1 Å². The Morgan fingerprint density at radius 3 is 2.71 bits per heavy atom. The number of nitrogens with zero attached hydrogens (tertiary/aromatic N) is 3. The van der Waals surface area contributed by atoms with Gasteiger partial charge in [0.2, 0.25) is 11.8 Å². The van der Waals surface area contributed by atoms with E-state index in [9.17, 15) is 14.4 Å². The van der Waals surface area contributed by atoms with Crippen molar-refractivity contribution < 1.29 is 14.4 Å². The Bertz CT molecular complexity index is 1170. The summed E-state index contributed by atoms with van der Waals surface area (Å²) in [6.45, 7) is 5.23. The van der Waals surface area contributed by atoms with Crippen LogP contribution in [0.3, 0.4) is 0 Å². The lowest BCUT2D eigenvalue weighted by Gasteiger charge is -2.20. The number of nitrogens with two attached hydrogens (primary N) is 1. The first kappa shape index (κ1) is 24.4. The molecule has 0 bridgehead atoms. The van der Waals surface area contributed by atoms with Gasteiger partial charge in [-0.25, -0.2) is 0 Å². The van der Waals surface area contributed by atoms with Crippen molar-refractivity contribution in [2.24, 2.45) is 5.73 Å². The zero-order valence-corrected chi connectivity index (χ0v) is 20.7. The summed E-state index contributed by atoms with van der Waals surface area (Å²) in [4.78, 5) is 45.5. The summed E-state index contributed by atoms with van der Waals surface area (Å²) in [6.07, 6.45) is 0.933. The van der Waals surface area contributed by atoms with Gasteiger partial charge in [-0.1, -0.05) is 29.3 Å². The average molecular weight is 504 g/mol. The maximum atomic E-state index is 13.5. The van der Waals surface area contributed by atoms with Crippen LogP contribution in [-0.2, 0) is 22.7 Å². The van der Waals surface area contributed by atoms with Crippen molar-refractivity contribution in [2.45, 2.75) is 45.8 Å². The second kappa shape index (κ2) is 9.90. The fourth-order valence-electron chi connectivity index (χ4n) is 4.76. The minimum absolute atomic E-state index is 0.0207. The molecule has 1 aromatic carbocycles. The highest BCUT2D eigenvalue weighted by Crippen LogP contribution is 2.39. The third-order valence-corrected chi connectivity index (χ3v) is 6.92. The van der Waals surface area contributed by atoms with Crippen molar-refractivity contribution in [3.63, 3.8) is 0 Å². The Morgan fingerprint density at radius 2 is 2.03 bits per heavy atom. The number of benzene rings is 1. The van der Waals surface area contributed by atoms with Crippen LogP contribution < -0.4 is 11.1 Å². The second-order valence-corrected chi connectivity index (χ2v) is 9.55. The Labute approximate surface area is 208 Å². The first-order valence-electron chi connectivity index (χ1n) is 11.2. The highest BCUT2D eigenvalue weighted by atomic mass is 35.5. The first-order chi connectivity index (χ1) is 16.2. The van der Waals surface area contributed by atoms with Gasteiger partial charge in [-0.2, -0.15) is 0 Å². The molecule has 0 spiro atoms. The number of nitrogens with one attached hydrogen (secondary N) is 1. The molecule has 1 unspecified atom stereocenters. The summed E-state index contributed by atoms with van der Waals surface area (Å²) in [5.41, 5.74) is 10.0. The fourth-order valence-corrected chi connectivity index (χ4v) is 5.26. The second-order valence-electron chi connectivity index (χ2n) is 8.70. The molecule has 34 heavy (non-hydrogen) atoms. The Hall–Kier alpha value is -2.68. The van der Waals surface area contributed by atoms with Crippen LogP contribution in [0, 0.1) is 6.92 Å². The number of pyridine rings is 1. The van der Waals surface area contributed by atoms with Gasteiger partial charge in [0.1, 0.15) is 0 Å². The van der Waals surface area contributed by atoms with E-state index in [0.717, 1.165) is 17.7 Å². The number of carbonyl (C=O) groups is 3. The first-order valence-corrected chi connectivity index (χ1v) is 12.0. The van der Waals surface area contributed by atoms with Gasteiger partial charge >= 0.3 is 0 Å². The molecule has 8 nitrogen and oxygen atoms in total. The van der Waals surface area contributed by atoms with E-state index in [2.05, 4.69) is 10.3 Å². The number of rotatable bonds is 6. The van der Waals surface area contributed by atoms with Crippen molar-refractivity contribution in [1.82, 2.24) is 20.1 Å². The standard InChI is InChI=1S/C24H27Cl2N5O3/c1-13-18(10-27)22(17-4-3-15(25)9-19(17)26)23-20(28-13)12-31(24(23)34)8-6-21(33)30-7-5-16(11-30)29-14(2)32/h3-4,9,16H,5-8,10-12,27H2,1-2H3,(H,29,32). The third-order valence-electron chi connectivity index (χ3n) is 6.37. The largest absolute Gasteiger partial charge is 0.352 e. The van der Waals surface area contributed by atoms with Gasteiger partial charge in [-0.15, -0.1) is 0 Å². The van der Waals surface area contributed by atoms with E-state index in [1.807, 2.05) is 6.92 Å². The van der Waals surface area contributed by atoms with E-state index in [1.165, 1.54) is 6.92 Å². The molecule has 0 radical (unpaired) electrons. The van der Waals surface area contributed by atoms with Crippen LogP contribution in [-0.4, -0.2) is 58.2 Å².